The van der Waals surface area contributed by atoms with Crippen LogP contribution >= 0.6 is 24.0 Å². The fraction of sp³-hybridized carbons (Fsp3) is 0.875. The standard InChI is InChI=1S/C16H32N4O.HI/c1-5-16(9-7-10-16)12-19-15(17-6-2)18-11-8-14(21)20-13(3)4;/h13H,5-12H2,1-4H3,(H,20,21)(H2,17,18,19);1H. The monoisotopic (exact) mass is 424 g/mol. The van der Waals surface area contributed by atoms with Crippen LogP contribution in [-0.2, 0) is 4.79 Å². The van der Waals surface area contributed by atoms with Crippen molar-refractivity contribution in [3.63, 3.8) is 0 Å². The molecule has 0 aliphatic heterocycles. The number of aliphatic imine (C=N–C) groups is 1. The van der Waals surface area contributed by atoms with E-state index in [0.717, 1.165) is 19.0 Å². The zero-order valence-corrected chi connectivity index (χ0v) is 16.8. The first-order valence-electron chi connectivity index (χ1n) is 8.33. The molecule has 1 rings (SSSR count). The van der Waals surface area contributed by atoms with E-state index in [1.165, 1.54) is 25.7 Å². The average molecular weight is 424 g/mol. The van der Waals surface area contributed by atoms with Crippen LogP contribution in [0, 0.1) is 5.41 Å². The van der Waals surface area contributed by atoms with Crippen LogP contribution < -0.4 is 16.0 Å². The Morgan fingerprint density at radius 2 is 1.91 bits per heavy atom. The summed E-state index contributed by atoms with van der Waals surface area (Å²) in [7, 11) is 0. The first kappa shape index (κ1) is 21.5. The predicted molar refractivity (Wildman–Crippen MR) is 104 cm³/mol. The molecule has 1 saturated carbocycles. The van der Waals surface area contributed by atoms with Gasteiger partial charge < -0.3 is 16.0 Å². The summed E-state index contributed by atoms with van der Waals surface area (Å²) in [4.78, 5) is 16.3. The highest BCUT2D eigenvalue weighted by molar-refractivity contribution is 14.0. The lowest BCUT2D eigenvalue weighted by Crippen LogP contribution is -2.41. The zero-order chi connectivity index (χ0) is 15.7. The van der Waals surface area contributed by atoms with E-state index in [1.54, 1.807) is 0 Å². The van der Waals surface area contributed by atoms with Gasteiger partial charge in [-0.3, -0.25) is 9.79 Å². The molecule has 0 saturated heterocycles. The van der Waals surface area contributed by atoms with Crippen LogP contribution in [0.4, 0.5) is 0 Å². The van der Waals surface area contributed by atoms with Gasteiger partial charge in [0.2, 0.25) is 5.91 Å². The number of carbonyl (C=O) groups excluding carboxylic acids is 1. The van der Waals surface area contributed by atoms with Crippen LogP contribution in [0.5, 0.6) is 0 Å². The van der Waals surface area contributed by atoms with Gasteiger partial charge in [-0.15, -0.1) is 24.0 Å². The maximum atomic E-state index is 11.6. The molecular formula is C16H33IN4O. The Labute approximate surface area is 152 Å². The van der Waals surface area contributed by atoms with Gasteiger partial charge in [-0.1, -0.05) is 13.3 Å². The first-order chi connectivity index (χ1) is 10.0. The third-order valence-corrected chi connectivity index (χ3v) is 4.18. The van der Waals surface area contributed by atoms with Crippen LogP contribution in [0.25, 0.3) is 0 Å². The Morgan fingerprint density at radius 3 is 2.36 bits per heavy atom. The molecule has 0 aromatic heterocycles. The van der Waals surface area contributed by atoms with Crippen LogP contribution in [-0.4, -0.2) is 37.5 Å². The average Bonchev–Trinajstić information content (AvgIpc) is 2.37. The smallest absolute Gasteiger partial charge is 0.221 e. The van der Waals surface area contributed by atoms with Gasteiger partial charge in [0.1, 0.15) is 0 Å². The summed E-state index contributed by atoms with van der Waals surface area (Å²) < 4.78 is 0. The summed E-state index contributed by atoms with van der Waals surface area (Å²) in [6.45, 7) is 10.6. The Kier molecular flexibility index (Phi) is 10.8. The van der Waals surface area contributed by atoms with Crippen molar-refractivity contribution in [3.05, 3.63) is 0 Å². The van der Waals surface area contributed by atoms with Gasteiger partial charge in [0.15, 0.2) is 5.96 Å². The predicted octanol–water partition coefficient (Wildman–Crippen LogP) is 2.65. The maximum Gasteiger partial charge on any atom is 0.221 e. The number of halogens is 1. The van der Waals surface area contributed by atoms with Gasteiger partial charge in [-0.2, -0.15) is 0 Å². The molecule has 1 fully saturated rings. The molecule has 0 atom stereocenters. The SMILES string of the molecule is CCNC(=NCC1(CC)CCC1)NCCC(=O)NC(C)C.I. The highest BCUT2D eigenvalue weighted by Gasteiger charge is 2.34. The van der Waals surface area contributed by atoms with E-state index in [9.17, 15) is 4.79 Å². The first-order valence-corrected chi connectivity index (χ1v) is 8.33. The molecule has 130 valence electrons. The third-order valence-electron chi connectivity index (χ3n) is 4.18. The fourth-order valence-corrected chi connectivity index (χ4v) is 2.58. The van der Waals surface area contributed by atoms with E-state index in [1.807, 2.05) is 13.8 Å². The largest absolute Gasteiger partial charge is 0.357 e. The molecule has 22 heavy (non-hydrogen) atoms. The highest BCUT2D eigenvalue weighted by Crippen LogP contribution is 2.43. The van der Waals surface area contributed by atoms with E-state index in [0.29, 0.717) is 18.4 Å². The number of rotatable bonds is 8. The Morgan fingerprint density at radius 1 is 1.23 bits per heavy atom. The molecule has 0 aromatic rings. The van der Waals surface area contributed by atoms with Gasteiger partial charge >= 0.3 is 0 Å². The molecule has 0 heterocycles. The summed E-state index contributed by atoms with van der Waals surface area (Å²) >= 11 is 0. The lowest BCUT2D eigenvalue weighted by molar-refractivity contribution is -0.121. The molecule has 3 N–H and O–H groups in total. The van der Waals surface area contributed by atoms with Crippen LogP contribution in [0.1, 0.15) is 59.8 Å². The van der Waals surface area contributed by atoms with Gasteiger partial charge in [0.05, 0.1) is 0 Å². The fourth-order valence-electron chi connectivity index (χ4n) is 2.58. The van der Waals surface area contributed by atoms with Crippen LogP contribution in [0.15, 0.2) is 4.99 Å². The Balaban J connectivity index is 0.00000441. The van der Waals surface area contributed by atoms with Crippen molar-refractivity contribution in [2.24, 2.45) is 10.4 Å². The summed E-state index contributed by atoms with van der Waals surface area (Å²) in [6.07, 6.45) is 5.60. The molecule has 1 aliphatic rings. The number of nitrogens with one attached hydrogen (secondary N) is 3. The van der Waals surface area contributed by atoms with E-state index >= 15 is 0 Å². The minimum Gasteiger partial charge on any atom is -0.357 e. The molecule has 5 nitrogen and oxygen atoms in total. The van der Waals surface area contributed by atoms with E-state index in [4.69, 9.17) is 4.99 Å². The number of guanidine groups is 1. The number of hydrogen-bond acceptors (Lipinski definition) is 2. The highest BCUT2D eigenvalue weighted by atomic mass is 127. The van der Waals surface area contributed by atoms with Crippen molar-refractivity contribution < 1.29 is 4.79 Å². The minimum absolute atomic E-state index is 0. The number of amides is 1. The molecule has 1 amide bonds. The van der Waals surface area contributed by atoms with E-state index < -0.39 is 0 Å². The zero-order valence-electron chi connectivity index (χ0n) is 14.5. The van der Waals surface area contributed by atoms with Crippen molar-refractivity contribution in [1.29, 1.82) is 0 Å². The number of hydrogen-bond donors (Lipinski definition) is 3. The van der Waals surface area contributed by atoms with Crippen molar-refractivity contribution in [2.75, 3.05) is 19.6 Å². The second-order valence-corrected chi connectivity index (χ2v) is 6.30. The summed E-state index contributed by atoms with van der Waals surface area (Å²) in [5, 5.41) is 9.39. The topological polar surface area (TPSA) is 65.5 Å². The summed E-state index contributed by atoms with van der Waals surface area (Å²) in [5.41, 5.74) is 0.428. The molecule has 1 aliphatic carbocycles. The van der Waals surface area contributed by atoms with Crippen molar-refractivity contribution in [3.8, 4) is 0 Å². The molecule has 0 bridgehead atoms. The molecule has 0 aromatic carbocycles. The van der Waals surface area contributed by atoms with E-state index in [2.05, 4.69) is 29.8 Å². The lowest BCUT2D eigenvalue weighted by atomic mass is 9.67. The van der Waals surface area contributed by atoms with Crippen molar-refractivity contribution in [1.82, 2.24) is 16.0 Å². The normalized spacial score (nSPS) is 16.5. The summed E-state index contributed by atoms with van der Waals surface area (Å²) in [6, 6.07) is 0.197. The van der Waals surface area contributed by atoms with Crippen LogP contribution in [0.2, 0.25) is 0 Å². The molecular weight excluding hydrogens is 391 g/mol. The minimum atomic E-state index is 0. The Bertz CT molecular complexity index is 349. The third kappa shape index (κ3) is 7.65. The van der Waals surface area contributed by atoms with Gasteiger partial charge in [0, 0.05) is 32.1 Å². The van der Waals surface area contributed by atoms with E-state index in [-0.39, 0.29) is 35.9 Å². The number of carbonyl (C=O) groups is 1. The Hall–Kier alpha value is -0.530. The lowest BCUT2D eigenvalue weighted by Gasteiger charge is -2.40. The molecule has 0 radical (unpaired) electrons. The second-order valence-electron chi connectivity index (χ2n) is 6.30. The molecule has 6 heteroatoms. The quantitative estimate of drug-likeness (QED) is 0.319. The molecule has 0 unspecified atom stereocenters. The van der Waals surface area contributed by atoms with Crippen molar-refractivity contribution >= 4 is 35.8 Å². The summed E-state index contributed by atoms with van der Waals surface area (Å²) in [5.74, 6) is 0.909. The van der Waals surface area contributed by atoms with Crippen molar-refractivity contribution in [2.45, 2.75) is 65.8 Å². The molecule has 0 spiro atoms. The van der Waals surface area contributed by atoms with Gasteiger partial charge in [-0.25, -0.2) is 0 Å². The van der Waals surface area contributed by atoms with Gasteiger partial charge in [0.25, 0.3) is 0 Å². The number of nitrogens with zero attached hydrogens (tertiary/aromatic N) is 1. The van der Waals surface area contributed by atoms with Gasteiger partial charge in [-0.05, 0) is 45.4 Å². The second kappa shape index (κ2) is 11.1. The maximum absolute atomic E-state index is 11.6. The van der Waals surface area contributed by atoms with Crippen LogP contribution in [0.3, 0.4) is 0 Å².